The summed E-state index contributed by atoms with van der Waals surface area (Å²) in [4.78, 5) is 17.0. The van der Waals surface area contributed by atoms with Crippen LogP contribution in [0.15, 0.2) is 40.2 Å². The van der Waals surface area contributed by atoms with Gasteiger partial charge in [0.2, 0.25) is 5.82 Å². The first-order chi connectivity index (χ1) is 10.6. The van der Waals surface area contributed by atoms with Crippen molar-refractivity contribution in [3.05, 3.63) is 52.7 Å². The molecule has 0 atom stereocenters. The van der Waals surface area contributed by atoms with Gasteiger partial charge >= 0.3 is 5.97 Å². The molecule has 0 amide bonds. The van der Waals surface area contributed by atoms with Gasteiger partial charge in [-0.3, -0.25) is 0 Å². The number of nitrogens with zero attached hydrogens (tertiary/aromatic N) is 2. The van der Waals surface area contributed by atoms with Crippen LogP contribution < -0.4 is 0 Å². The van der Waals surface area contributed by atoms with Gasteiger partial charge in [-0.05, 0) is 30.5 Å². The summed E-state index contributed by atoms with van der Waals surface area (Å²) in [5.41, 5.74) is 0.959. The molecule has 1 N–H and O–H groups in total. The van der Waals surface area contributed by atoms with Gasteiger partial charge in [-0.1, -0.05) is 22.9 Å². The van der Waals surface area contributed by atoms with E-state index < -0.39 is 5.97 Å². The smallest absolute Gasteiger partial charge is 0.342 e. The van der Waals surface area contributed by atoms with Crippen molar-refractivity contribution in [2.75, 3.05) is 0 Å². The number of hydrogen-bond donors (Lipinski definition) is 1. The van der Waals surface area contributed by atoms with Crippen molar-refractivity contribution in [2.24, 2.45) is 0 Å². The largest absolute Gasteiger partial charge is 0.507 e. The van der Waals surface area contributed by atoms with Crippen LogP contribution in [0.4, 0.5) is 0 Å². The number of aromatic hydroxyl groups is 1. The molecule has 0 bridgehead atoms. The number of aromatic nitrogens is 2. The number of carbonyl (C=O) groups excluding carboxylic acids is 1. The zero-order chi connectivity index (χ0) is 15.5. The zero-order valence-corrected chi connectivity index (χ0v) is 12.5. The molecule has 22 heavy (non-hydrogen) atoms. The molecule has 6 nitrogen and oxygen atoms in total. The van der Waals surface area contributed by atoms with E-state index in [1.165, 1.54) is 17.4 Å². The molecule has 0 saturated carbocycles. The molecule has 1 aromatic carbocycles. The van der Waals surface area contributed by atoms with E-state index >= 15 is 0 Å². The topological polar surface area (TPSA) is 85.5 Å². The van der Waals surface area contributed by atoms with Crippen LogP contribution >= 0.6 is 11.3 Å². The number of carbonyl (C=O) groups is 1. The predicted molar refractivity (Wildman–Crippen MR) is 79.6 cm³/mol. The lowest BCUT2D eigenvalue weighted by atomic mass is 10.1. The van der Waals surface area contributed by atoms with E-state index in [1.807, 2.05) is 24.4 Å². The first-order valence-corrected chi connectivity index (χ1v) is 7.34. The highest BCUT2D eigenvalue weighted by atomic mass is 32.1. The standard InChI is InChI=1S/C15H12N2O4S/c1-9-4-5-11(18)10(7-9)15(19)20-8-13-16-14(17-21-13)12-3-2-6-22-12/h2-7,18H,8H2,1H3. The third kappa shape index (κ3) is 2.99. The molecule has 0 saturated heterocycles. The minimum Gasteiger partial charge on any atom is -0.507 e. The maximum absolute atomic E-state index is 12.0. The van der Waals surface area contributed by atoms with Gasteiger partial charge in [0.1, 0.15) is 11.3 Å². The summed E-state index contributed by atoms with van der Waals surface area (Å²) in [6, 6.07) is 8.47. The Bertz CT molecular complexity index is 796. The lowest BCUT2D eigenvalue weighted by Crippen LogP contribution is -2.06. The molecule has 2 heterocycles. The van der Waals surface area contributed by atoms with Crippen LogP contribution in [0.5, 0.6) is 5.75 Å². The molecule has 0 unspecified atom stereocenters. The number of esters is 1. The summed E-state index contributed by atoms with van der Waals surface area (Å²) in [5.74, 6) is -0.110. The van der Waals surface area contributed by atoms with E-state index in [0.29, 0.717) is 5.82 Å². The van der Waals surface area contributed by atoms with Crippen LogP contribution in [0, 0.1) is 6.92 Å². The third-order valence-corrected chi connectivity index (χ3v) is 3.77. The van der Waals surface area contributed by atoms with Crippen molar-refractivity contribution >= 4 is 17.3 Å². The van der Waals surface area contributed by atoms with E-state index in [2.05, 4.69) is 10.1 Å². The average molecular weight is 316 g/mol. The SMILES string of the molecule is Cc1ccc(O)c(C(=O)OCc2nc(-c3cccs3)no2)c1. The molecule has 7 heteroatoms. The second-order valence-corrected chi connectivity index (χ2v) is 5.53. The van der Waals surface area contributed by atoms with E-state index in [4.69, 9.17) is 9.26 Å². The van der Waals surface area contributed by atoms with Crippen molar-refractivity contribution in [2.45, 2.75) is 13.5 Å². The highest BCUT2D eigenvalue weighted by molar-refractivity contribution is 7.13. The lowest BCUT2D eigenvalue weighted by molar-refractivity contribution is 0.0426. The summed E-state index contributed by atoms with van der Waals surface area (Å²) >= 11 is 1.49. The Labute approximate surface area is 130 Å². The molecule has 0 spiro atoms. The van der Waals surface area contributed by atoms with Crippen LogP contribution in [-0.2, 0) is 11.3 Å². The first-order valence-electron chi connectivity index (χ1n) is 6.46. The summed E-state index contributed by atoms with van der Waals surface area (Å²) in [6.45, 7) is 1.67. The lowest BCUT2D eigenvalue weighted by Gasteiger charge is -2.05. The van der Waals surface area contributed by atoms with Gasteiger partial charge in [-0.2, -0.15) is 4.98 Å². The number of rotatable bonds is 4. The molecular formula is C15H12N2O4S. The number of phenolic OH excluding ortho intramolecular Hbond substituents is 1. The highest BCUT2D eigenvalue weighted by Gasteiger charge is 2.15. The number of phenols is 1. The Kier molecular flexibility index (Phi) is 3.88. The Hall–Kier alpha value is -2.67. The number of benzene rings is 1. The molecule has 0 fully saturated rings. The minimum atomic E-state index is -0.642. The van der Waals surface area contributed by atoms with Gasteiger partial charge in [0, 0.05) is 0 Å². The number of hydrogen-bond acceptors (Lipinski definition) is 7. The monoisotopic (exact) mass is 316 g/mol. The molecule has 2 aromatic heterocycles. The molecule has 0 radical (unpaired) electrons. The maximum Gasteiger partial charge on any atom is 0.342 e. The van der Waals surface area contributed by atoms with Crippen molar-refractivity contribution in [3.63, 3.8) is 0 Å². The Balaban J connectivity index is 1.67. The summed E-state index contributed by atoms with van der Waals surface area (Å²) in [6.07, 6.45) is 0. The van der Waals surface area contributed by atoms with E-state index in [-0.39, 0.29) is 23.8 Å². The molecule has 3 aromatic rings. The zero-order valence-electron chi connectivity index (χ0n) is 11.6. The van der Waals surface area contributed by atoms with Gasteiger partial charge in [0.05, 0.1) is 4.88 Å². The Morgan fingerprint density at radius 2 is 2.27 bits per heavy atom. The normalized spacial score (nSPS) is 10.6. The maximum atomic E-state index is 12.0. The highest BCUT2D eigenvalue weighted by Crippen LogP contribution is 2.22. The van der Waals surface area contributed by atoms with Crippen molar-refractivity contribution in [1.29, 1.82) is 0 Å². The fourth-order valence-electron chi connectivity index (χ4n) is 1.84. The fourth-order valence-corrected chi connectivity index (χ4v) is 2.49. The summed E-state index contributed by atoms with van der Waals surface area (Å²) in [5, 5.41) is 15.4. The minimum absolute atomic E-state index is 0.109. The summed E-state index contributed by atoms with van der Waals surface area (Å²) in [7, 11) is 0. The third-order valence-electron chi connectivity index (χ3n) is 2.91. The van der Waals surface area contributed by atoms with Gasteiger partial charge in [-0.25, -0.2) is 4.79 Å². The van der Waals surface area contributed by atoms with Crippen molar-refractivity contribution in [3.8, 4) is 16.5 Å². The van der Waals surface area contributed by atoms with Crippen molar-refractivity contribution in [1.82, 2.24) is 10.1 Å². The van der Waals surface area contributed by atoms with Gasteiger partial charge in [-0.15, -0.1) is 11.3 Å². The first kappa shape index (κ1) is 14.3. The van der Waals surface area contributed by atoms with Crippen LogP contribution in [0.3, 0.4) is 0 Å². The van der Waals surface area contributed by atoms with Gasteiger partial charge in [0.25, 0.3) is 5.89 Å². The number of ether oxygens (including phenoxy) is 1. The van der Waals surface area contributed by atoms with Crippen LogP contribution in [0.2, 0.25) is 0 Å². The van der Waals surface area contributed by atoms with Crippen molar-refractivity contribution < 1.29 is 19.2 Å². The second-order valence-electron chi connectivity index (χ2n) is 4.59. The fraction of sp³-hybridized carbons (Fsp3) is 0.133. The van der Waals surface area contributed by atoms with Crippen LogP contribution in [-0.4, -0.2) is 21.2 Å². The van der Waals surface area contributed by atoms with Gasteiger partial charge in [0.15, 0.2) is 6.61 Å². The van der Waals surface area contributed by atoms with E-state index in [1.54, 1.807) is 12.1 Å². The second kappa shape index (κ2) is 5.98. The molecule has 0 aliphatic carbocycles. The van der Waals surface area contributed by atoms with E-state index in [9.17, 15) is 9.90 Å². The molecular weight excluding hydrogens is 304 g/mol. The number of aryl methyl sites for hydroxylation is 1. The van der Waals surface area contributed by atoms with Crippen LogP contribution in [0.1, 0.15) is 21.8 Å². The van der Waals surface area contributed by atoms with Crippen LogP contribution in [0.25, 0.3) is 10.7 Å². The molecule has 3 rings (SSSR count). The molecule has 0 aliphatic heterocycles. The molecule has 112 valence electrons. The van der Waals surface area contributed by atoms with Gasteiger partial charge < -0.3 is 14.4 Å². The Morgan fingerprint density at radius 3 is 3.05 bits per heavy atom. The molecule has 0 aliphatic rings. The number of thiophene rings is 1. The van der Waals surface area contributed by atoms with E-state index in [0.717, 1.165) is 10.4 Å². The predicted octanol–water partition coefficient (Wildman–Crippen LogP) is 3.17. The quantitative estimate of drug-likeness (QED) is 0.744. The average Bonchev–Trinajstić information content (AvgIpc) is 3.17. The summed E-state index contributed by atoms with van der Waals surface area (Å²) < 4.78 is 10.1. The Morgan fingerprint density at radius 1 is 1.41 bits per heavy atom.